The van der Waals surface area contributed by atoms with Gasteiger partial charge < -0.3 is 5.11 Å². The molecule has 0 saturated carbocycles. The van der Waals surface area contributed by atoms with Gasteiger partial charge in [-0.3, -0.25) is 4.79 Å². The van der Waals surface area contributed by atoms with Gasteiger partial charge in [-0.15, -0.1) is 0 Å². The third-order valence-electron chi connectivity index (χ3n) is 1.15. The summed E-state index contributed by atoms with van der Waals surface area (Å²) < 4.78 is 56.8. The van der Waals surface area contributed by atoms with Crippen LogP contribution in [-0.4, -0.2) is 26.6 Å². The van der Waals surface area contributed by atoms with E-state index < -0.39 is 32.5 Å². The lowest BCUT2D eigenvalue weighted by atomic mass is 10.3. The van der Waals surface area contributed by atoms with Crippen molar-refractivity contribution in [3.05, 3.63) is 10.7 Å². The van der Waals surface area contributed by atoms with Crippen LogP contribution in [0.15, 0.2) is 10.7 Å². The van der Waals surface area contributed by atoms with Crippen molar-refractivity contribution in [2.24, 2.45) is 0 Å². The summed E-state index contributed by atoms with van der Waals surface area (Å²) in [6, 6.07) is 0. The predicted molar refractivity (Wildman–Crippen MR) is 38.6 cm³/mol. The van der Waals surface area contributed by atoms with Crippen molar-refractivity contribution in [3.8, 4) is 0 Å². The monoisotopic (exact) mass is 231 g/mol. The van der Waals surface area contributed by atoms with Crippen LogP contribution in [0.5, 0.6) is 0 Å². The molecule has 0 fully saturated rings. The number of hydrogen-bond donors (Lipinski definition) is 0. The molecular weight excluding hydrogens is 225 g/mol. The third kappa shape index (κ3) is 3.02. The van der Waals surface area contributed by atoms with Crippen LogP contribution in [0.1, 0.15) is 6.92 Å². The van der Waals surface area contributed by atoms with Gasteiger partial charge in [-0.1, -0.05) is 0 Å². The minimum atomic E-state index is -5.36. The van der Waals surface area contributed by atoms with E-state index in [-0.39, 0.29) is 0 Å². The highest BCUT2D eigenvalue weighted by atomic mass is 32.2. The molecule has 0 aliphatic carbocycles. The molecule has 0 aliphatic heterocycles. The van der Waals surface area contributed by atoms with Crippen molar-refractivity contribution in [1.82, 2.24) is 0 Å². The van der Waals surface area contributed by atoms with Gasteiger partial charge in [-0.25, -0.2) is 8.42 Å². The first kappa shape index (κ1) is 12.9. The zero-order valence-electron chi connectivity index (χ0n) is 7.18. The Hall–Kier alpha value is -1.05. The SMILES string of the molecule is CC(=O)C(=C([O-])C(F)(F)F)S(C)(=O)=O. The van der Waals surface area contributed by atoms with E-state index in [4.69, 9.17) is 0 Å². The highest BCUT2D eigenvalue weighted by Gasteiger charge is 2.33. The van der Waals surface area contributed by atoms with Crippen molar-refractivity contribution in [2.75, 3.05) is 6.26 Å². The van der Waals surface area contributed by atoms with Crippen LogP contribution in [0.4, 0.5) is 13.2 Å². The highest BCUT2D eigenvalue weighted by Crippen LogP contribution is 2.26. The van der Waals surface area contributed by atoms with Gasteiger partial charge in [-0.05, 0) is 12.7 Å². The summed E-state index contributed by atoms with van der Waals surface area (Å²) >= 11 is 0. The minimum Gasteiger partial charge on any atom is -0.868 e. The third-order valence-corrected chi connectivity index (χ3v) is 2.37. The van der Waals surface area contributed by atoms with Crippen LogP contribution in [0.2, 0.25) is 0 Å². The van der Waals surface area contributed by atoms with Gasteiger partial charge in [0.05, 0.1) is 0 Å². The molecule has 82 valence electrons. The van der Waals surface area contributed by atoms with Gasteiger partial charge in [0.25, 0.3) is 0 Å². The maximum Gasteiger partial charge on any atom is 0.403 e. The highest BCUT2D eigenvalue weighted by molar-refractivity contribution is 7.95. The van der Waals surface area contributed by atoms with E-state index in [1.165, 1.54) is 0 Å². The molecule has 0 aromatic carbocycles. The van der Waals surface area contributed by atoms with E-state index in [0.717, 1.165) is 0 Å². The molecule has 0 bridgehead atoms. The molecule has 0 aromatic rings. The maximum atomic E-state index is 11.8. The summed E-state index contributed by atoms with van der Waals surface area (Å²) in [4.78, 5) is 8.81. The number of allylic oxidation sites excluding steroid dienone is 2. The van der Waals surface area contributed by atoms with Crippen LogP contribution in [0.3, 0.4) is 0 Å². The Balaban J connectivity index is 5.79. The molecule has 0 atom stereocenters. The molecule has 0 spiro atoms. The smallest absolute Gasteiger partial charge is 0.403 e. The Kier molecular flexibility index (Phi) is 3.33. The fourth-order valence-electron chi connectivity index (χ4n) is 0.718. The molecule has 4 nitrogen and oxygen atoms in total. The molecule has 14 heavy (non-hydrogen) atoms. The summed E-state index contributed by atoms with van der Waals surface area (Å²) in [5.41, 5.74) is 0. The van der Waals surface area contributed by atoms with Crippen LogP contribution in [0, 0.1) is 0 Å². The van der Waals surface area contributed by atoms with E-state index >= 15 is 0 Å². The largest absolute Gasteiger partial charge is 0.868 e. The van der Waals surface area contributed by atoms with Gasteiger partial charge in [0.15, 0.2) is 15.6 Å². The average molecular weight is 231 g/mol. The number of alkyl halides is 3. The van der Waals surface area contributed by atoms with Crippen molar-refractivity contribution >= 4 is 15.6 Å². The fraction of sp³-hybridized carbons (Fsp3) is 0.500. The normalized spacial score (nSPS) is 14.9. The number of hydrogen-bond acceptors (Lipinski definition) is 4. The second-order valence-corrected chi connectivity index (χ2v) is 4.44. The van der Waals surface area contributed by atoms with Crippen LogP contribution in [-0.2, 0) is 14.6 Å². The van der Waals surface area contributed by atoms with Gasteiger partial charge in [0.1, 0.15) is 4.91 Å². The zero-order chi connectivity index (χ0) is 11.7. The number of ketones is 1. The predicted octanol–water partition coefficient (Wildman–Crippen LogP) is -0.246. The number of rotatable bonds is 2. The quantitative estimate of drug-likeness (QED) is 0.485. The van der Waals surface area contributed by atoms with E-state index in [2.05, 4.69) is 0 Å². The van der Waals surface area contributed by atoms with E-state index in [1.54, 1.807) is 0 Å². The number of carbonyl (C=O) groups is 1. The Bertz CT molecular complexity index is 376. The van der Waals surface area contributed by atoms with Crippen LogP contribution in [0.25, 0.3) is 0 Å². The summed E-state index contributed by atoms with van der Waals surface area (Å²) in [5, 5.41) is 10.5. The topological polar surface area (TPSA) is 74.3 Å². The fourth-order valence-corrected chi connectivity index (χ4v) is 1.69. The zero-order valence-corrected chi connectivity index (χ0v) is 7.99. The van der Waals surface area contributed by atoms with E-state index in [1.807, 2.05) is 0 Å². The number of halogens is 3. The molecule has 0 aliphatic rings. The second-order valence-electron chi connectivity index (χ2n) is 2.48. The van der Waals surface area contributed by atoms with E-state index in [0.29, 0.717) is 13.2 Å². The standard InChI is InChI=1S/C6H7F3O4S/c1-3(10)4(14(2,12)13)5(11)6(7,8)9/h11H,1-2H3/p-1. The Labute approximate surface area is 78.0 Å². The molecule has 0 heterocycles. The average Bonchev–Trinajstić information content (AvgIpc) is 1.79. The van der Waals surface area contributed by atoms with Crippen LogP contribution < -0.4 is 5.11 Å². The van der Waals surface area contributed by atoms with Gasteiger partial charge in [0, 0.05) is 6.26 Å². The lowest BCUT2D eigenvalue weighted by Crippen LogP contribution is -2.29. The number of carbonyl (C=O) groups excluding carboxylic acids is 1. The van der Waals surface area contributed by atoms with Crippen LogP contribution >= 0.6 is 0 Å². The first-order chi connectivity index (χ1) is 5.98. The van der Waals surface area contributed by atoms with Gasteiger partial charge in [-0.2, -0.15) is 13.2 Å². The summed E-state index contributed by atoms with van der Waals surface area (Å²) in [7, 11) is -4.45. The van der Waals surface area contributed by atoms with Crippen molar-refractivity contribution in [1.29, 1.82) is 0 Å². The lowest BCUT2D eigenvalue weighted by molar-refractivity contribution is -0.360. The van der Waals surface area contributed by atoms with Gasteiger partial charge >= 0.3 is 6.18 Å². The number of Topliss-reactive ketones (excluding diaryl/α,β-unsaturated/α-hetero) is 1. The summed E-state index contributed by atoms with van der Waals surface area (Å²) in [6.45, 7) is 0.583. The summed E-state index contributed by atoms with van der Waals surface area (Å²) in [6.07, 6.45) is -4.99. The molecule has 0 unspecified atom stereocenters. The Morgan fingerprint density at radius 1 is 1.29 bits per heavy atom. The molecule has 8 heteroatoms. The number of sulfone groups is 1. The molecule has 0 saturated heterocycles. The lowest BCUT2D eigenvalue weighted by Gasteiger charge is -2.18. The molecule has 0 N–H and O–H groups in total. The summed E-state index contributed by atoms with van der Waals surface area (Å²) in [5.74, 6) is -4.05. The first-order valence-electron chi connectivity index (χ1n) is 3.17. The van der Waals surface area contributed by atoms with Gasteiger partial charge in [0.2, 0.25) is 0 Å². The van der Waals surface area contributed by atoms with Crippen molar-refractivity contribution in [3.63, 3.8) is 0 Å². The first-order valence-corrected chi connectivity index (χ1v) is 5.06. The Morgan fingerprint density at radius 2 is 1.64 bits per heavy atom. The molecule has 0 radical (unpaired) electrons. The second kappa shape index (κ2) is 3.60. The van der Waals surface area contributed by atoms with Crippen molar-refractivity contribution in [2.45, 2.75) is 13.1 Å². The van der Waals surface area contributed by atoms with E-state index in [9.17, 15) is 31.5 Å². The maximum absolute atomic E-state index is 11.8. The molecule has 0 amide bonds. The molecule has 0 rings (SSSR count). The van der Waals surface area contributed by atoms with Crippen molar-refractivity contribution < 1.29 is 31.5 Å². The Morgan fingerprint density at radius 3 is 1.71 bits per heavy atom. The molecular formula is C6H6F3O4S-. The minimum absolute atomic E-state index is 0.368. The molecule has 0 aromatic heterocycles.